The summed E-state index contributed by atoms with van der Waals surface area (Å²) in [5.74, 6) is 0.983. The second-order valence-corrected chi connectivity index (χ2v) is 6.59. The number of hydrogen-bond acceptors (Lipinski definition) is 2. The predicted octanol–water partition coefficient (Wildman–Crippen LogP) is 4.85. The van der Waals surface area contributed by atoms with Crippen LogP contribution in [0.4, 0.5) is 0 Å². The largest absolute Gasteiger partial charge is 0.485 e. The van der Waals surface area contributed by atoms with E-state index >= 15 is 0 Å². The highest BCUT2D eigenvalue weighted by Crippen LogP contribution is 2.43. The molecule has 0 fully saturated rings. The maximum absolute atomic E-state index is 6.31. The summed E-state index contributed by atoms with van der Waals surface area (Å²) in [6, 6.07) is 13.0. The Morgan fingerprint density at radius 1 is 1.14 bits per heavy atom. The van der Waals surface area contributed by atoms with Gasteiger partial charge in [0.1, 0.15) is 11.9 Å². The van der Waals surface area contributed by atoms with Crippen LogP contribution in [0.15, 0.2) is 40.9 Å². The van der Waals surface area contributed by atoms with Crippen molar-refractivity contribution in [2.45, 2.75) is 32.4 Å². The number of rotatable bonds is 2. The summed E-state index contributed by atoms with van der Waals surface area (Å²) >= 11 is 3.55. The average molecular weight is 346 g/mol. The van der Waals surface area contributed by atoms with Gasteiger partial charge >= 0.3 is 0 Å². The lowest BCUT2D eigenvalue weighted by atomic mass is 9.89. The molecule has 110 valence electrons. The van der Waals surface area contributed by atoms with Crippen LogP contribution in [0.2, 0.25) is 0 Å². The van der Waals surface area contributed by atoms with E-state index in [1.807, 2.05) is 13.1 Å². The highest BCUT2D eigenvalue weighted by atomic mass is 79.9. The van der Waals surface area contributed by atoms with Gasteiger partial charge in [-0.2, -0.15) is 0 Å². The molecule has 0 spiro atoms. The first-order valence-electron chi connectivity index (χ1n) is 7.29. The lowest BCUT2D eigenvalue weighted by molar-refractivity contribution is 0.152. The zero-order valence-corrected chi connectivity index (χ0v) is 14.2. The van der Waals surface area contributed by atoms with Crippen LogP contribution in [-0.4, -0.2) is 7.05 Å². The van der Waals surface area contributed by atoms with Gasteiger partial charge in [0.2, 0.25) is 0 Å². The molecule has 1 N–H and O–H groups in total. The van der Waals surface area contributed by atoms with Gasteiger partial charge in [-0.15, -0.1) is 0 Å². The molecule has 2 unspecified atom stereocenters. The number of ether oxygens (including phenoxy) is 1. The number of nitrogens with one attached hydrogen (secondary N) is 1. The van der Waals surface area contributed by atoms with E-state index in [0.717, 1.165) is 16.6 Å². The van der Waals surface area contributed by atoms with Gasteiger partial charge in [0.25, 0.3) is 0 Å². The van der Waals surface area contributed by atoms with Crippen molar-refractivity contribution in [3.8, 4) is 5.75 Å². The van der Waals surface area contributed by atoms with Gasteiger partial charge in [-0.3, -0.25) is 0 Å². The Labute approximate surface area is 134 Å². The molecular weight excluding hydrogens is 326 g/mol. The number of fused-ring (bicyclic) bond motifs is 1. The van der Waals surface area contributed by atoms with Crippen LogP contribution in [0, 0.1) is 13.8 Å². The third-order valence-corrected chi connectivity index (χ3v) is 4.77. The molecule has 2 aromatic rings. The lowest BCUT2D eigenvalue weighted by Gasteiger charge is -2.34. The summed E-state index contributed by atoms with van der Waals surface area (Å²) in [7, 11) is 2.02. The van der Waals surface area contributed by atoms with E-state index in [0.29, 0.717) is 6.04 Å². The summed E-state index contributed by atoms with van der Waals surface area (Å²) in [4.78, 5) is 0. The van der Waals surface area contributed by atoms with E-state index in [9.17, 15) is 0 Å². The molecule has 2 nitrogen and oxygen atoms in total. The van der Waals surface area contributed by atoms with E-state index in [2.05, 4.69) is 65.4 Å². The van der Waals surface area contributed by atoms with Crippen molar-refractivity contribution in [1.29, 1.82) is 0 Å². The molecule has 0 saturated heterocycles. The first kappa shape index (κ1) is 14.6. The fourth-order valence-corrected chi connectivity index (χ4v) is 3.61. The maximum Gasteiger partial charge on any atom is 0.126 e. The van der Waals surface area contributed by atoms with E-state index < -0.39 is 0 Å². The van der Waals surface area contributed by atoms with Crippen molar-refractivity contribution in [3.63, 3.8) is 0 Å². The Hall–Kier alpha value is -1.32. The molecule has 1 aliphatic rings. The van der Waals surface area contributed by atoms with Gasteiger partial charge in [-0.25, -0.2) is 0 Å². The second kappa shape index (κ2) is 5.82. The monoisotopic (exact) mass is 345 g/mol. The van der Waals surface area contributed by atoms with Crippen LogP contribution in [0.1, 0.15) is 40.8 Å². The van der Waals surface area contributed by atoms with Gasteiger partial charge < -0.3 is 10.1 Å². The number of halogens is 1. The molecule has 21 heavy (non-hydrogen) atoms. The molecule has 0 bridgehead atoms. The minimum Gasteiger partial charge on any atom is -0.485 e. The fraction of sp³-hybridized carbons (Fsp3) is 0.333. The predicted molar refractivity (Wildman–Crippen MR) is 89.8 cm³/mol. The highest BCUT2D eigenvalue weighted by molar-refractivity contribution is 9.10. The molecule has 2 atom stereocenters. The summed E-state index contributed by atoms with van der Waals surface area (Å²) in [6.45, 7) is 4.33. The van der Waals surface area contributed by atoms with Crippen molar-refractivity contribution in [2.24, 2.45) is 0 Å². The van der Waals surface area contributed by atoms with Crippen LogP contribution in [0.25, 0.3) is 0 Å². The van der Waals surface area contributed by atoms with Crippen molar-refractivity contribution in [3.05, 3.63) is 63.1 Å². The molecular formula is C18H20BrNO. The Morgan fingerprint density at radius 2 is 1.86 bits per heavy atom. The van der Waals surface area contributed by atoms with Crippen molar-refractivity contribution in [1.82, 2.24) is 5.32 Å². The first-order chi connectivity index (χ1) is 10.1. The van der Waals surface area contributed by atoms with Gasteiger partial charge in [-0.1, -0.05) is 34.1 Å². The second-order valence-electron chi connectivity index (χ2n) is 5.67. The Kier molecular flexibility index (Phi) is 4.05. The Morgan fingerprint density at radius 3 is 2.52 bits per heavy atom. The minimum absolute atomic E-state index is 0.109. The topological polar surface area (TPSA) is 21.3 Å². The van der Waals surface area contributed by atoms with Crippen LogP contribution >= 0.6 is 15.9 Å². The third kappa shape index (κ3) is 2.72. The fourth-order valence-electron chi connectivity index (χ4n) is 3.23. The molecule has 2 aromatic carbocycles. The average Bonchev–Trinajstić information content (AvgIpc) is 2.46. The maximum atomic E-state index is 6.31. The number of benzene rings is 2. The van der Waals surface area contributed by atoms with Gasteiger partial charge in [0, 0.05) is 22.5 Å². The van der Waals surface area contributed by atoms with Gasteiger partial charge in [0.15, 0.2) is 0 Å². The van der Waals surface area contributed by atoms with E-state index in [-0.39, 0.29) is 6.10 Å². The van der Waals surface area contributed by atoms with E-state index in [4.69, 9.17) is 4.74 Å². The van der Waals surface area contributed by atoms with E-state index in [1.165, 1.54) is 22.3 Å². The zero-order valence-electron chi connectivity index (χ0n) is 12.6. The zero-order chi connectivity index (χ0) is 15.0. The smallest absolute Gasteiger partial charge is 0.126 e. The number of hydrogen-bond donors (Lipinski definition) is 1. The molecule has 3 heteroatoms. The molecule has 0 saturated carbocycles. The Bertz CT molecular complexity index is 648. The normalized spacial score (nSPS) is 20.8. The lowest BCUT2D eigenvalue weighted by Crippen LogP contribution is -2.27. The van der Waals surface area contributed by atoms with Crippen LogP contribution in [0.3, 0.4) is 0 Å². The van der Waals surface area contributed by atoms with Crippen molar-refractivity contribution in [2.75, 3.05) is 7.05 Å². The van der Waals surface area contributed by atoms with Crippen molar-refractivity contribution < 1.29 is 4.74 Å². The first-order valence-corrected chi connectivity index (χ1v) is 8.09. The molecule has 3 rings (SSSR count). The molecule has 0 radical (unpaired) electrons. The summed E-state index contributed by atoms with van der Waals surface area (Å²) in [5, 5.41) is 3.43. The van der Waals surface area contributed by atoms with Crippen LogP contribution < -0.4 is 10.1 Å². The van der Waals surface area contributed by atoms with Gasteiger partial charge in [-0.05, 0) is 55.8 Å². The summed E-state index contributed by atoms with van der Waals surface area (Å²) in [5.41, 5.74) is 5.16. The standard InChI is InChI=1S/C18H20BrNO/c1-11-5-4-6-12(2)18(11)17-10-15(20-3)14-9-13(19)7-8-16(14)21-17/h4-9,15,17,20H,10H2,1-3H3. The van der Waals surface area contributed by atoms with Crippen LogP contribution in [0.5, 0.6) is 5.75 Å². The molecule has 1 heterocycles. The SMILES string of the molecule is CNC1CC(c2c(C)cccc2C)Oc2ccc(Br)cc21. The van der Waals surface area contributed by atoms with Gasteiger partial charge in [0.05, 0.1) is 0 Å². The third-order valence-electron chi connectivity index (χ3n) is 4.28. The molecule has 1 aliphatic heterocycles. The molecule has 0 aromatic heterocycles. The van der Waals surface area contributed by atoms with E-state index in [1.54, 1.807) is 0 Å². The highest BCUT2D eigenvalue weighted by Gasteiger charge is 2.30. The quantitative estimate of drug-likeness (QED) is 0.839. The molecule has 0 aliphatic carbocycles. The minimum atomic E-state index is 0.109. The number of aryl methyl sites for hydroxylation is 2. The summed E-state index contributed by atoms with van der Waals surface area (Å²) in [6.07, 6.45) is 1.06. The summed E-state index contributed by atoms with van der Waals surface area (Å²) < 4.78 is 7.40. The van der Waals surface area contributed by atoms with Crippen LogP contribution in [-0.2, 0) is 0 Å². The Balaban J connectivity index is 2.03. The molecule has 0 amide bonds. The van der Waals surface area contributed by atoms with Crippen molar-refractivity contribution >= 4 is 15.9 Å².